The molecule has 0 saturated carbocycles. The van der Waals surface area contributed by atoms with E-state index >= 15 is 0 Å². The summed E-state index contributed by atoms with van der Waals surface area (Å²) in [5, 5.41) is 0. The van der Waals surface area contributed by atoms with Crippen molar-refractivity contribution in [2.45, 2.75) is 48.0 Å². The van der Waals surface area contributed by atoms with Crippen LogP contribution < -0.4 is 0 Å². The lowest BCUT2D eigenvalue weighted by atomic mass is 10.1. The zero-order valence-electron chi connectivity index (χ0n) is 10.6. The number of aryl methyl sites for hydroxylation is 1. The highest BCUT2D eigenvalue weighted by Gasteiger charge is 2.06. The van der Waals surface area contributed by atoms with Crippen molar-refractivity contribution in [2.24, 2.45) is 0 Å². The molecule has 2 heteroatoms. The Hall–Kier alpha value is -0.920. The summed E-state index contributed by atoms with van der Waals surface area (Å²) >= 11 is 0. The van der Waals surface area contributed by atoms with Crippen molar-refractivity contribution in [3.05, 3.63) is 34.9 Å². The summed E-state index contributed by atoms with van der Waals surface area (Å²) in [7, 11) is 0. The van der Waals surface area contributed by atoms with Gasteiger partial charge in [0, 0.05) is 5.56 Å². The molecule has 0 nitrogen and oxygen atoms in total. The van der Waals surface area contributed by atoms with Gasteiger partial charge in [-0.1, -0.05) is 34.6 Å². The SMILES string of the molecule is CC.CC.CCc1c(F)cc(C)cc1F. The van der Waals surface area contributed by atoms with Gasteiger partial charge in [-0.25, -0.2) is 8.78 Å². The third-order valence-corrected chi connectivity index (χ3v) is 1.64. The van der Waals surface area contributed by atoms with Crippen molar-refractivity contribution in [1.29, 1.82) is 0 Å². The summed E-state index contributed by atoms with van der Waals surface area (Å²) in [5.41, 5.74) is 0.799. The Morgan fingerprint density at radius 2 is 1.27 bits per heavy atom. The summed E-state index contributed by atoms with van der Waals surface area (Å²) < 4.78 is 25.7. The molecule has 0 radical (unpaired) electrons. The normalized spacial score (nSPS) is 8.27. The highest BCUT2D eigenvalue weighted by molar-refractivity contribution is 5.25. The van der Waals surface area contributed by atoms with Gasteiger partial charge in [-0.05, 0) is 31.0 Å². The number of hydrogen-bond acceptors (Lipinski definition) is 0. The maximum atomic E-state index is 12.9. The second kappa shape index (κ2) is 9.63. The van der Waals surface area contributed by atoms with Crippen LogP contribution in [0.2, 0.25) is 0 Å². The predicted molar refractivity (Wildman–Crippen MR) is 63.2 cm³/mol. The predicted octanol–water partition coefficient (Wildman–Crippen LogP) is 4.89. The lowest BCUT2D eigenvalue weighted by Gasteiger charge is -2.01. The second-order valence-electron chi connectivity index (χ2n) is 2.56. The maximum Gasteiger partial charge on any atom is 0.129 e. The van der Waals surface area contributed by atoms with E-state index in [1.807, 2.05) is 27.7 Å². The summed E-state index contributed by atoms with van der Waals surface area (Å²) in [4.78, 5) is 0. The number of benzene rings is 1. The summed E-state index contributed by atoms with van der Waals surface area (Å²) in [6.45, 7) is 11.4. The van der Waals surface area contributed by atoms with Crippen molar-refractivity contribution in [1.82, 2.24) is 0 Å². The van der Waals surface area contributed by atoms with Gasteiger partial charge >= 0.3 is 0 Å². The summed E-state index contributed by atoms with van der Waals surface area (Å²) in [5.74, 6) is -0.880. The standard InChI is InChI=1S/C9H10F2.2C2H6/c1-3-7-8(10)4-6(2)5-9(7)11;2*1-2/h4-5H,3H2,1-2H3;2*1-2H3. The molecular formula is C13H22F2. The van der Waals surface area contributed by atoms with E-state index in [4.69, 9.17) is 0 Å². The molecule has 0 aliphatic carbocycles. The maximum absolute atomic E-state index is 12.9. The van der Waals surface area contributed by atoms with Gasteiger partial charge in [0.05, 0.1) is 0 Å². The van der Waals surface area contributed by atoms with E-state index in [2.05, 4.69) is 0 Å². The first-order valence-corrected chi connectivity index (χ1v) is 5.59. The average molecular weight is 216 g/mol. The molecule has 0 spiro atoms. The molecule has 1 aromatic carbocycles. The largest absolute Gasteiger partial charge is 0.207 e. The average Bonchev–Trinajstić information content (AvgIpc) is 2.23. The summed E-state index contributed by atoms with van der Waals surface area (Å²) in [6, 6.07) is 2.70. The quantitative estimate of drug-likeness (QED) is 0.627. The van der Waals surface area contributed by atoms with Crippen LogP contribution in [-0.2, 0) is 6.42 Å². The van der Waals surface area contributed by atoms with E-state index in [-0.39, 0.29) is 5.56 Å². The van der Waals surface area contributed by atoms with Crippen molar-refractivity contribution in [3.8, 4) is 0 Å². The molecule has 0 saturated heterocycles. The van der Waals surface area contributed by atoms with Crippen LogP contribution in [0.3, 0.4) is 0 Å². The number of hydrogen-bond donors (Lipinski definition) is 0. The molecule has 1 rings (SSSR count). The Morgan fingerprint density at radius 1 is 0.933 bits per heavy atom. The van der Waals surface area contributed by atoms with Gasteiger partial charge in [0.2, 0.25) is 0 Å². The van der Waals surface area contributed by atoms with E-state index in [0.717, 1.165) is 0 Å². The van der Waals surface area contributed by atoms with Crippen LogP contribution in [-0.4, -0.2) is 0 Å². The van der Waals surface area contributed by atoms with Gasteiger partial charge in [-0.15, -0.1) is 0 Å². The Labute approximate surface area is 92.3 Å². The van der Waals surface area contributed by atoms with Crippen LogP contribution in [0.1, 0.15) is 45.7 Å². The van der Waals surface area contributed by atoms with Gasteiger partial charge in [-0.2, -0.15) is 0 Å². The van der Waals surface area contributed by atoms with Gasteiger partial charge in [-0.3, -0.25) is 0 Å². The van der Waals surface area contributed by atoms with Crippen LogP contribution in [0, 0.1) is 18.6 Å². The van der Waals surface area contributed by atoms with Gasteiger partial charge in [0.15, 0.2) is 0 Å². The Kier molecular flexibility index (Phi) is 10.6. The molecule has 88 valence electrons. The van der Waals surface area contributed by atoms with Crippen LogP contribution >= 0.6 is 0 Å². The molecule has 0 fully saturated rings. The first-order valence-electron chi connectivity index (χ1n) is 5.59. The molecule has 0 amide bonds. The smallest absolute Gasteiger partial charge is 0.129 e. The molecule has 0 atom stereocenters. The molecule has 0 aliphatic rings. The first-order chi connectivity index (χ1) is 7.15. The van der Waals surface area contributed by atoms with E-state index in [9.17, 15) is 8.78 Å². The third kappa shape index (κ3) is 5.50. The van der Waals surface area contributed by atoms with E-state index in [1.165, 1.54) is 12.1 Å². The van der Waals surface area contributed by atoms with Crippen molar-refractivity contribution in [3.63, 3.8) is 0 Å². The Balaban J connectivity index is 0. The molecule has 0 aromatic heterocycles. The van der Waals surface area contributed by atoms with E-state index < -0.39 is 11.6 Å². The fourth-order valence-electron chi connectivity index (χ4n) is 1.07. The van der Waals surface area contributed by atoms with Gasteiger partial charge in [0.1, 0.15) is 11.6 Å². The third-order valence-electron chi connectivity index (χ3n) is 1.64. The first kappa shape index (κ1) is 16.5. The number of rotatable bonds is 1. The molecule has 0 N–H and O–H groups in total. The minimum Gasteiger partial charge on any atom is -0.207 e. The molecule has 0 heterocycles. The zero-order valence-corrected chi connectivity index (χ0v) is 10.6. The van der Waals surface area contributed by atoms with Crippen LogP contribution in [0.25, 0.3) is 0 Å². The van der Waals surface area contributed by atoms with Gasteiger partial charge in [0.25, 0.3) is 0 Å². The monoisotopic (exact) mass is 216 g/mol. The van der Waals surface area contributed by atoms with Crippen molar-refractivity contribution in [2.75, 3.05) is 0 Å². The fourth-order valence-corrected chi connectivity index (χ4v) is 1.07. The highest BCUT2D eigenvalue weighted by Crippen LogP contribution is 2.14. The fraction of sp³-hybridized carbons (Fsp3) is 0.538. The molecule has 15 heavy (non-hydrogen) atoms. The van der Waals surface area contributed by atoms with E-state index in [1.54, 1.807) is 13.8 Å². The minimum atomic E-state index is -0.440. The second-order valence-corrected chi connectivity index (χ2v) is 2.56. The lowest BCUT2D eigenvalue weighted by molar-refractivity contribution is 0.557. The molecule has 0 unspecified atom stereocenters. The Morgan fingerprint density at radius 3 is 1.53 bits per heavy atom. The lowest BCUT2D eigenvalue weighted by Crippen LogP contribution is -1.94. The highest BCUT2D eigenvalue weighted by atomic mass is 19.1. The molecular weight excluding hydrogens is 194 g/mol. The zero-order chi connectivity index (χ0) is 12.4. The molecule has 1 aromatic rings. The van der Waals surface area contributed by atoms with Crippen molar-refractivity contribution < 1.29 is 8.78 Å². The van der Waals surface area contributed by atoms with Crippen molar-refractivity contribution >= 4 is 0 Å². The minimum absolute atomic E-state index is 0.176. The Bertz CT molecular complexity index is 244. The van der Waals surface area contributed by atoms with Crippen LogP contribution in [0.4, 0.5) is 8.78 Å². The van der Waals surface area contributed by atoms with Crippen LogP contribution in [0.5, 0.6) is 0 Å². The summed E-state index contributed by atoms with van der Waals surface area (Å²) in [6.07, 6.45) is 0.401. The van der Waals surface area contributed by atoms with Gasteiger partial charge < -0.3 is 0 Å². The molecule has 0 aliphatic heterocycles. The van der Waals surface area contributed by atoms with Crippen LogP contribution in [0.15, 0.2) is 12.1 Å². The molecule has 0 bridgehead atoms. The number of halogens is 2. The topological polar surface area (TPSA) is 0 Å². The van der Waals surface area contributed by atoms with E-state index in [0.29, 0.717) is 12.0 Å².